The van der Waals surface area contributed by atoms with Crippen LogP contribution in [-0.4, -0.2) is 53.7 Å². The molecule has 21 heavy (non-hydrogen) atoms. The van der Waals surface area contributed by atoms with Crippen molar-refractivity contribution in [1.29, 1.82) is 0 Å². The van der Waals surface area contributed by atoms with Crippen LogP contribution in [0.25, 0.3) is 0 Å². The smallest absolute Gasteiger partial charge is 0.321 e. The molecule has 6 heteroatoms. The van der Waals surface area contributed by atoms with E-state index in [0.29, 0.717) is 19.5 Å². The molecule has 2 fully saturated rings. The molecule has 0 aromatic rings. The van der Waals surface area contributed by atoms with Crippen molar-refractivity contribution in [2.24, 2.45) is 5.92 Å². The van der Waals surface area contributed by atoms with Crippen LogP contribution < -0.4 is 10.6 Å². The molecule has 0 aromatic carbocycles. The summed E-state index contributed by atoms with van der Waals surface area (Å²) >= 11 is 0. The van der Waals surface area contributed by atoms with Crippen LogP contribution in [0.3, 0.4) is 0 Å². The van der Waals surface area contributed by atoms with Gasteiger partial charge >= 0.3 is 6.03 Å². The Hall–Kier alpha value is -1.40. The number of nitrogens with one attached hydrogen (secondary N) is 2. The number of hydrogen-bond acceptors (Lipinski definition) is 4. The second-order valence-corrected chi connectivity index (χ2v) is 6.08. The molecule has 0 spiro atoms. The molecule has 1 aliphatic heterocycles. The first-order valence-electron chi connectivity index (χ1n) is 7.67. The topological polar surface area (TPSA) is 81.7 Å². The monoisotopic (exact) mass is 295 g/mol. The average molecular weight is 295 g/mol. The lowest BCUT2D eigenvalue weighted by Gasteiger charge is -2.47. The molecular weight excluding hydrogens is 270 g/mol. The van der Waals surface area contributed by atoms with E-state index >= 15 is 0 Å². The van der Waals surface area contributed by atoms with Gasteiger partial charge in [0.05, 0.1) is 12.1 Å². The number of urea groups is 1. The Balaban J connectivity index is 1.77. The minimum atomic E-state index is -0.535. The van der Waals surface area contributed by atoms with Crippen LogP contribution in [0.5, 0.6) is 0 Å². The summed E-state index contributed by atoms with van der Waals surface area (Å²) in [6.45, 7) is 5.46. The number of amides is 3. The van der Waals surface area contributed by atoms with Crippen LogP contribution in [-0.2, 0) is 4.79 Å². The maximum atomic E-state index is 11.8. The number of likely N-dealkylation sites (tertiary alicyclic amines) is 1. The predicted molar refractivity (Wildman–Crippen MR) is 79.7 cm³/mol. The van der Waals surface area contributed by atoms with Crippen LogP contribution in [0.1, 0.15) is 32.1 Å². The third kappa shape index (κ3) is 4.28. The minimum Gasteiger partial charge on any atom is -0.390 e. The summed E-state index contributed by atoms with van der Waals surface area (Å²) < 4.78 is 0. The fraction of sp³-hybridized carbons (Fsp3) is 0.733. The number of hydrogen-bond donors (Lipinski definition) is 3. The molecule has 3 N–H and O–H groups in total. The van der Waals surface area contributed by atoms with Crippen LogP contribution in [0.4, 0.5) is 4.79 Å². The normalized spacial score (nSPS) is 29.3. The second kappa shape index (κ2) is 7.04. The molecule has 1 saturated heterocycles. The van der Waals surface area contributed by atoms with Crippen LogP contribution in [0.2, 0.25) is 0 Å². The molecule has 2 unspecified atom stereocenters. The Labute approximate surface area is 125 Å². The highest BCUT2D eigenvalue weighted by atomic mass is 16.3. The van der Waals surface area contributed by atoms with Gasteiger partial charge in [-0.2, -0.15) is 0 Å². The fourth-order valence-corrected chi connectivity index (χ4v) is 3.36. The lowest BCUT2D eigenvalue weighted by molar-refractivity contribution is -0.126. The van der Waals surface area contributed by atoms with E-state index in [0.717, 1.165) is 32.2 Å². The number of carbonyl (C=O) groups excluding carboxylic acids is 2. The molecule has 2 rings (SSSR count). The molecule has 0 radical (unpaired) electrons. The van der Waals surface area contributed by atoms with Gasteiger partial charge in [0.25, 0.3) is 0 Å². The molecule has 2 aliphatic rings. The first-order chi connectivity index (χ1) is 10.0. The molecule has 1 heterocycles. The summed E-state index contributed by atoms with van der Waals surface area (Å²) in [5.74, 6) is -0.0554. The molecule has 0 bridgehead atoms. The van der Waals surface area contributed by atoms with Crippen molar-refractivity contribution in [3.05, 3.63) is 12.7 Å². The Morgan fingerprint density at radius 3 is 2.95 bits per heavy atom. The van der Waals surface area contributed by atoms with Crippen molar-refractivity contribution >= 4 is 11.9 Å². The van der Waals surface area contributed by atoms with Crippen molar-refractivity contribution in [2.45, 2.75) is 37.7 Å². The van der Waals surface area contributed by atoms with Crippen molar-refractivity contribution in [3.8, 4) is 0 Å². The largest absolute Gasteiger partial charge is 0.390 e. The van der Waals surface area contributed by atoms with Gasteiger partial charge in [0.1, 0.15) is 0 Å². The Kier molecular flexibility index (Phi) is 5.36. The number of fused-ring (bicyclic) bond motifs is 1. The van der Waals surface area contributed by atoms with Crippen molar-refractivity contribution in [3.63, 3.8) is 0 Å². The van der Waals surface area contributed by atoms with E-state index in [2.05, 4.69) is 17.2 Å². The maximum absolute atomic E-state index is 11.8. The zero-order valence-electron chi connectivity index (χ0n) is 12.4. The molecule has 2 atom stereocenters. The molecule has 0 aromatic heterocycles. The van der Waals surface area contributed by atoms with E-state index in [1.54, 1.807) is 6.08 Å². The SMILES string of the molecule is C=CCNC(=O)NC(=O)CN1CCC2(O)CCCCC2C1. The third-order valence-corrected chi connectivity index (χ3v) is 4.54. The van der Waals surface area contributed by atoms with Gasteiger partial charge in [-0.1, -0.05) is 18.9 Å². The molecule has 6 nitrogen and oxygen atoms in total. The van der Waals surface area contributed by atoms with Gasteiger partial charge in [0.2, 0.25) is 5.91 Å². The molecule has 3 amide bonds. The van der Waals surface area contributed by atoms with Crippen LogP contribution in [0.15, 0.2) is 12.7 Å². The zero-order chi connectivity index (χ0) is 15.3. The summed E-state index contributed by atoms with van der Waals surface area (Å²) in [4.78, 5) is 25.2. The van der Waals surface area contributed by atoms with Gasteiger partial charge in [-0.25, -0.2) is 4.79 Å². The Morgan fingerprint density at radius 1 is 1.38 bits per heavy atom. The number of piperidine rings is 1. The fourth-order valence-electron chi connectivity index (χ4n) is 3.36. The quantitative estimate of drug-likeness (QED) is 0.664. The van der Waals surface area contributed by atoms with E-state index < -0.39 is 11.6 Å². The van der Waals surface area contributed by atoms with E-state index in [1.807, 2.05) is 4.90 Å². The van der Waals surface area contributed by atoms with Gasteiger partial charge in [-0.15, -0.1) is 6.58 Å². The molecule has 118 valence electrons. The van der Waals surface area contributed by atoms with Gasteiger partial charge in [0.15, 0.2) is 0 Å². The van der Waals surface area contributed by atoms with Crippen molar-refractivity contribution < 1.29 is 14.7 Å². The number of rotatable bonds is 4. The van der Waals surface area contributed by atoms with Crippen LogP contribution in [0, 0.1) is 5.92 Å². The van der Waals surface area contributed by atoms with Crippen molar-refractivity contribution in [1.82, 2.24) is 15.5 Å². The number of aliphatic hydroxyl groups is 1. The standard InChI is InChI=1S/C15H25N3O3/c1-2-8-16-14(20)17-13(19)11-18-9-7-15(21)6-4-3-5-12(15)10-18/h2,12,21H,1,3-11H2,(H2,16,17,19,20). The number of imide groups is 1. The average Bonchev–Trinajstić information content (AvgIpc) is 2.45. The number of nitrogens with zero attached hydrogens (tertiary/aromatic N) is 1. The second-order valence-electron chi connectivity index (χ2n) is 6.08. The minimum absolute atomic E-state index is 0.202. The predicted octanol–water partition coefficient (Wildman–Crippen LogP) is 0.625. The Morgan fingerprint density at radius 2 is 2.19 bits per heavy atom. The Bertz CT molecular complexity index is 413. The number of carbonyl (C=O) groups is 2. The highest BCUT2D eigenvalue weighted by Gasteiger charge is 2.42. The van der Waals surface area contributed by atoms with Crippen LogP contribution >= 0.6 is 0 Å². The first-order valence-corrected chi connectivity index (χ1v) is 7.67. The maximum Gasteiger partial charge on any atom is 0.321 e. The van der Waals surface area contributed by atoms with E-state index in [-0.39, 0.29) is 18.4 Å². The first kappa shape index (κ1) is 16.0. The summed E-state index contributed by atoms with van der Waals surface area (Å²) in [5.41, 5.74) is -0.535. The highest BCUT2D eigenvalue weighted by Crippen LogP contribution is 2.39. The highest BCUT2D eigenvalue weighted by molar-refractivity contribution is 5.95. The van der Waals surface area contributed by atoms with Gasteiger partial charge in [0, 0.05) is 25.6 Å². The van der Waals surface area contributed by atoms with E-state index in [4.69, 9.17) is 0 Å². The summed E-state index contributed by atoms with van der Waals surface area (Å²) in [7, 11) is 0. The summed E-state index contributed by atoms with van der Waals surface area (Å²) in [6.07, 6.45) is 6.41. The zero-order valence-corrected chi connectivity index (χ0v) is 12.4. The molecular formula is C15H25N3O3. The molecule has 1 aliphatic carbocycles. The lowest BCUT2D eigenvalue weighted by Crippen LogP contribution is -2.55. The van der Waals surface area contributed by atoms with Gasteiger partial charge in [-0.05, 0) is 19.3 Å². The summed E-state index contributed by atoms with van der Waals surface area (Å²) in [6, 6.07) is -0.494. The third-order valence-electron chi connectivity index (χ3n) is 4.54. The van der Waals surface area contributed by atoms with E-state index in [9.17, 15) is 14.7 Å². The van der Waals surface area contributed by atoms with E-state index in [1.165, 1.54) is 0 Å². The molecule has 1 saturated carbocycles. The lowest BCUT2D eigenvalue weighted by atomic mass is 9.71. The summed E-state index contributed by atoms with van der Waals surface area (Å²) in [5, 5.41) is 15.4. The van der Waals surface area contributed by atoms with Gasteiger partial charge in [-0.3, -0.25) is 15.0 Å². The van der Waals surface area contributed by atoms with Gasteiger partial charge < -0.3 is 10.4 Å². The van der Waals surface area contributed by atoms with Crippen molar-refractivity contribution in [2.75, 3.05) is 26.2 Å².